The van der Waals surface area contributed by atoms with Crippen LogP contribution in [0.4, 0.5) is 5.69 Å². The topological polar surface area (TPSA) is 50.4 Å². The molecule has 0 saturated heterocycles. The highest BCUT2D eigenvalue weighted by Gasteiger charge is 2.12. The van der Waals surface area contributed by atoms with E-state index in [0.29, 0.717) is 6.54 Å². The van der Waals surface area contributed by atoms with E-state index < -0.39 is 0 Å². The average Bonchev–Trinajstić information content (AvgIpc) is 2.56. The summed E-state index contributed by atoms with van der Waals surface area (Å²) in [6, 6.07) is 13.5. The minimum absolute atomic E-state index is 0.0287. The molecule has 0 bridgehead atoms. The van der Waals surface area contributed by atoms with Gasteiger partial charge in [0.1, 0.15) is 11.8 Å². The van der Waals surface area contributed by atoms with Gasteiger partial charge in [0.2, 0.25) is 5.91 Å². The van der Waals surface area contributed by atoms with Crippen molar-refractivity contribution < 1.29 is 9.53 Å². The Morgan fingerprint density at radius 1 is 1.09 bits per heavy atom. The lowest BCUT2D eigenvalue weighted by atomic mass is 10.1. The van der Waals surface area contributed by atoms with Crippen molar-refractivity contribution in [2.24, 2.45) is 0 Å². The Morgan fingerprint density at radius 2 is 1.78 bits per heavy atom. The SMILES string of the molecule is COc1ccc(CNC(=O)[C@@H](C)Nc2ccc(C)c(C)c2)cc1. The van der Waals surface area contributed by atoms with Crippen molar-refractivity contribution in [2.75, 3.05) is 12.4 Å². The summed E-state index contributed by atoms with van der Waals surface area (Å²) in [6.07, 6.45) is 0. The zero-order valence-electron chi connectivity index (χ0n) is 14.1. The van der Waals surface area contributed by atoms with Crippen LogP contribution in [0.15, 0.2) is 42.5 Å². The second-order valence-electron chi connectivity index (χ2n) is 5.73. The zero-order valence-corrected chi connectivity index (χ0v) is 14.1. The first-order valence-corrected chi connectivity index (χ1v) is 7.74. The number of ether oxygens (including phenoxy) is 1. The van der Waals surface area contributed by atoms with Gasteiger partial charge in [-0.1, -0.05) is 18.2 Å². The Balaban J connectivity index is 1.87. The molecule has 0 aromatic heterocycles. The highest BCUT2D eigenvalue weighted by Crippen LogP contribution is 2.15. The zero-order chi connectivity index (χ0) is 16.8. The standard InChI is InChI=1S/C19H24N2O2/c1-13-5-8-17(11-14(13)2)21-15(3)19(22)20-12-16-6-9-18(23-4)10-7-16/h5-11,15,21H,12H2,1-4H3,(H,20,22)/t15-/m1/s1. The summed E-state index contributed by atoms with van der Waals surface area (Å²) < 4.78 is 5.12. The van der Waals surface area contributed by atoms with E-state index in [2.05, 4.69) is 36.6 Å². The van der Waals surface area contributed by atoms with Crippen molar-refractivity contribution >= 4 is 11.6 Å². The van der Waals surface area contributed by atoms with Crippen LogP contribution < -0.4 is 15.4 Å². The van der Waals surface area contributed by atoms with Crippen molar-refractivity contribution in [3.63, 3.8) is 0 Å². The molecule has 0 aliphatic heterocycles. The molecule has 0 saturated carbocycles. The Labute approximate surface area is 137 Å². The fourth-order valence-corrected chi connectivity index (χ4v) is 2.23. The molecule has 2 rings (SSSR count). The monoisotopic (exact) mass is 312 g/mol. The third kappa shape index (κ3) is 4.74. The number of hydrogen-bond acceptors (Lipinski definition) is 3. The molecule has 23 heavy (non-hydrogen) atoms. The lowest BCUT2D eigenvalue weighted by Crippen LogP contribution is -2.37. The molecule has 0 spiro atoms. The van der Waals surface area contributed by atoms with E-state index in [1.165, 1.54) is 11.1 Å². The van der Waals surface area contributed by atoms with E-state index in [4.69, 9.17) is 4.74 Å². The normalized spacial score (nSPS) is 11.7. The Hall–Kier alpha value is -2.49. The average molecular weight is 312 g/mol. The molecule has 2 N–H and O–H groups in total. The third-order valence-electron chi connectivity index (χ3n) is 3.91. The van der Waals surface area contributed by atoms with Gasteiger partial charge >= 0.3 is 0 Å². The summed E-state index contributed by atoms with van der Waals surface area (Å²) in [5.74, 6) is 0.781. The number of hydrogen-bond donors (Lipinski definition) is 2. The van der Waals surface area contributed by atoms with Gasteiger partial charge in [-0.2, -0.15) is 0 Å². The van der Waals surface area contributed by atoms with Crippen LogP contribution >= 0.6 is 0 Å². The highest BCUT2D eigenvalue weighted by atomic mass is 16.5. The van der Waals surface area contributed by atoms with Gasteiger partial charge in [0.05, 0.1) is 7.11 Å². The maximum atomic E-state index is 12.2. The molecule has 0 unspecified atom stereocenters. The van der Waals surface area contributed by atoms with E-state index in [9.17, 15) is 4.79 Å². The first kappa shape index (κ1) is 16.9. The van der Waals surface area contributed by atoms with Crippen molar-refractivity contribution in [1.82, 2.24) is 5.32 Å². The highest BCUT2D eigenvalue weighted by molar-refractivity contribution is 5.84. The number of rotatable bonds is 6. The maximum Gasteiger partial charge on any atom is 0.242 e. The fraction of sp³-hybridized carbons (Fsp3) is 0.316. The predicted molar refractivity (Wildman–Crippen MR) is 93.8 cm³/mol. The van der Waals surface area contributed by atoms with Crippen LogP contribution in [0.25, 0.3) is 0 Å². The summed E-state index contributed by atoms with van der Waals surface area (Å²) in [6.45, 7) is 6.50. The van der Waals surface area contributed by atoms with Crippen LogP contribution in [0.2, 0.25) is 0 Å². The van der Waals surface area contributed by atoms with E-state index in [1.54, 1.807) is 7.11 Å². The number of amides is 1. The number of benzene rings is 2. The van der Waals surface area contributed by atoms with Gasteiger partial charge in [0.25, 0.3) is 0 Å². The molecule has 4 nitrogen and oxygen atoms in total. The number of anilines is 1. The molecule has 4 heteroatoms. The van der Waals surface area contributed by atoms with Gasteiger partial charge in [-0.05, 0) is 61.7 Å². The number of carbonyl (C=O) groups excluding carboxylic acids is 1. The number of aryl methyl sites for hydroxylation is 2. The molecule has 1 atom stereocenters. The lowest BCUT2D eigenvalue weighted by molar-refractivity contribution is -0.121. The Bertz CT molecular complexity index is 666. The Morgan fingerprint density at radius 3 is 2.39 bits per heavy atom. The lowest BCUT2D eigenvalue weighted by Gasteiger charge is -2.16. The second-order valence-corrected chi connectivity index (χ2v) is 5.73. The summed E-state index contributed by atoms with van der Waals surface area (Å²) in [4.78, 5) is 12.2. The van der Waals surface area contributed by atoms with E-state index in [1.807, 2.05) is 37.3 Å². The molecule has 122 valence electrons. The molecule has 1 amide bonds. The number of carbonyl (C=O) groups is 1. The quantitative estimate of drug-likeness (QED) is 0.859. The van der Waals surface area contributed by atoms with Crippen LogP contribution in [0.1, 0.15) is 23.6 Å². The summed E-state index contributed by atoms with van der Waals surface area (Å²) in [7, 11) is 1.64. The van der Waals surface area contributed by atoms with Crippen LogP contribution in [-0.4, -0.2) is 19.1 Å². The number of nitrogens with one attached hydrogen (secondary N) is 2. The third-order valence-corrected chi connectivity index (χ3v) is 3.91. The van der Waals surface area contributed by atoms with Crippen molar-refractivity contribution in [3.05, 3.63) is 59.2 Å². The van der Waals surface area contributed by atoms with Gasteiger partial charge in [-0.15, -0.1) is 0 Å². The van der Waals surface area contributed by atoms with Crippen molar-refractivity contribution in [3.8, 4) is 5.75 Å². The molecule has 0 heterocycles. The summed E-state index contributed by atoms with van der Waals surface area (Å²) in [5.41, 5.74) is 4.45. The van der Waals surface area contributed by atoms with Gasteiger partial charge in [-0.3, -0.25) is 4.79 Å². The minimum Gasteiger partial charge on any atom is -0.497 e. The summed E-state index contributed by atoms with van der Waals surface area (Å²) in [5, 5.41) is 6.17. The van der Waals surface area contributed by atoms with Gasteiger partial charge < -0.3 is 15.4 Å². The first-order valence-electron chi connectivity index (χ1n) is 7.74. The maximum absolute atomic E-state index is 12.2. The van der Waals surface area contributed by atoms with Crippen LogP contribution in [0, 0.1) is 13.8 Å². The number of methoxy groups -OCH3 is 1. The minimum atomic E-state index is -0.296. The largest absolute Gasteiger partial charge is 0.497 e. The van der Waals surface area contributed by atoms with Gasteiger partial charge in [-0.25, -0.2) is 0 Å². The molecular weight excluding hydrogens is 288 g/mol. The van der Waals surface area contributed by atoms with Crippen molar-refractivity contribution in [1.29, 1.82) is 0 Å². The van der Waals surface area contributed by atoms with Crippen LogP contribution in [0.5, 0.6) is 5.75 Å². The summed E-state index contributed by atoms with van der Waals surface area (Å²) >= 11 is 0. The molecule has 0 aliphatic rings. The molecule has 0 aliphatic carbocycles. The van der Waals surface area contributed by atoms with E-state index in [-0.39, 0.29) is 11.9 Å². The van der Waals surface area contributed by atoms with Gasteiger partial charge in [0.15, 0.2) is 0 Å². The van der Waals surface area contributed by atoms with Crippen molar-refractivity contribution in [2.45, 2.75) is 33.4 Å². The smallest absolute Gasteiger partial charge is 0.242 e. The molecule has 0 fully saturated rings. The molecule has 0 radical (unpaired) electrons. The molecule has 2 aromatic carbocycles. The molecular formula is C19H24N2O2. The van der Waals surface area contributed by atoms with Gasteiger partial charge in [0, 0.05) is 12.2 Å². The van der Waals surface area contributed by atoms with E-state index in [0.717, 1.165) is 17.0 Å². The van der Waals surface area contributed by atoms with E-state index >= 15 is 0 Å². The Kier molecular flexibility index (Phi) is 5.63. The molecule has 2 aromatic rings. The van der Waals surface area contributed by atoms with Crippen LogP contribution in [0.3, 0.4) is 0 Å². The predicted octanol–water partition coefficient (Wildman–Crippen LogP) is 3.43. The second kappa shape index (κ2) is 7.68. The fourth-order valence-electron chi connectivity index (χ4n) is 2.23. The van der Waals surface area contributed by atoms with Crippen LogP contribution in [-0.2, 0) is 11.3 Å². The first-order chi connectivity index (χ1) is 11.0.